The molecule has 8 rings (SSSR count). The van der Waals surface area contributed by atoms with Gasteiger partial charge in [0, 0.05) is 11.5 Å². The zero-order valence-electron chi connectivity index (χ0n) is 63.9. The lowest BCUT2D eigenvalue weighted by molar-refractivity contribution is -0.380. The molecule has 1 unspecified atom stereocenters. The van der Waals surface area contributed by atoms with Crippen LogP contribution in [0.2, 0.25) is 0 Å². The Kier molecular flexibility index (Phi) is 35.8. The van der Waals surface area contributed by atoms with Crippen molar-refractivity contribution >= 4 is 135 Å². The first kappa shape index (κ1) is 109. The van der Waals surface area contributed by atoms with E-state index >= 15 is 0 Å². The number of hydrogen-bond acceptors (Lipinski definition) is 48. The van der Waals surface area contributed by atoms with Gasteiger partial charge >= 0.3 is 135 Å². The van der Waals surface area contributed by atoms with Gasteiger partial charge in [-0.25, -0.2) is 54.4 Å². The van der Waals surface area contributed by atoms with Crippen molar-refractivity contribution < 1.29 is 261 Å². The first-order valence-corrected chi connectivity index (χ1v) is 53.5. The van der Waals surface area contributed by atoms with Gasteiger partial charge < -0.3 is 37.9 Å². The summed E-state index contributed by atoms with van der Waals surface area (Å²) in [5, 5.41) is 3.67. The Labute approximate surface area is 719 Å². The van der Waals surface area contributed by atoms with Gasteiger partial charge in [-0.3, -0.25) is 59.2 Å². The Morgan fingerprint density at radius 1 is 0.349 bits per heavy atom. The number of azide groups is 1. The molecule has 0 bridgehead atoms. The quantitative estimate of drug-likeness (QED) is 0.00922. The van der Waals surface area contributed by atoms with Crippen LogP contribution in [0.15, 0.2) is 5.11 Å². The summed E-state index contributed by atoms with van der Waals surface area (Å²) in [6.45, 7) is -2.22. The molecule has 0 aromatic heterocycles. The lowest BCUT2D eigenvalue weighted by atomic mass is 9.46. The van der Waals surface area contributed by atoms with Gasteiger partial charge in [-0.05, 0) is 116 Å². The highest BCUT2D eigenvalue weighted by Gasteiger charge is 2.65. The Balaban J connectivity index is 1.23. The van der Waals surface area contributed by atoms with Crippen LogP contribution in [-0.2, 0) is 227 Å². The van der Waals surface area contributed by atoms with Crippen molar-refractivity contribution in [2.45, 2.75) is 227 Å². The average molecular weight is 2110 g/mol. The van der Waals surface area contributed by atoms with Crippen molar-refractivity contribution in [1.82, 2.24) is 0 Å². The number of hydrogen-bond donors (Lipinski definition) is 13. The molecule has 4 saturated heterocycles. The minimum Gasteiger partial charge on any atom is -0.347 e. The highest BCUT2D eigenvalue weighted by atomic mass is 32.3. The smallest absolute Gasteiger partial charge is 0.347 e. The van der Waals surface area contributed by atoms with Crippen LogP contribution in [0.4, 0.5) is 0 Å². The molecule has 738 valence electrons. The maximum atomic E-state index is 13.2. The third-order valence-electron chi connectivity index (χ3n) is 21.7. The Morgan fingerprint density at radius 2 is 0.643 bits per heavy atom. The zero-order chi connectivity index (χ0) is 95.0. The zero-order valence-corrected chi connectivity index (χ0v) is 74.5. The highest BCUT2D eigenvalue weighted by Crippen LogP contribution is 2.65. The number of nitrogens with zero attached hydrogens (tertiary/aromatic N) is 3. The molecule has 13 N–H and O–H groups in total. The van der Waals surface area contributed by atoms with Crippen molar-refractivity contribution in [3.63, 3.8) is 0 Å². The predicted octanol–water partition coefficient (Wildman–Crippen LogP) is -3.58. The molecule has 76 heteroatoms. The Morgan fingerprint density at radius 3 is 0.968 bits per heavy atom. The van der Waals surface area contributed by atoms with Gasteiger partial charge in [0.25, 0.3) is 0 Å². The van der Waals surface area contributed by atoms with E-state index in [4.69, 9.17) is 51.8 Å². The van der Waals surface area contributed by atoms with Crippen LogP contribution in [0.5, 0.6) is 0 Å². The van der Waals surface area contributed by atoms with Crippen LogP contribution in [-0.4, -0.2) is 331 Å². The van der Waals surface area contributed by atoms with Gasteiger partial charge in [0.05, 0.1) is 32.5 Å². The van der Waals surface area contributed by atoms with Crippen LogP contribution < -0.4 is 0 Å². The first-order valence-electron chi connectivity index (χ1n) is 35.8. The minimum absolute atomic E-state index is 0.0103. The molecule has 126 heavy (non-hydrogen) atoms. The minimum atomic E-state index is -6.79. The first-order chi connectivity index (χ1) is 57.1. The maximum Gasteiger partial charge on any atom is 0.397 e. The monoisotopic (exact) mass is 2100 g/mol. The second kappa shape index (κ2) is 41.5. The summed E-state index contributed by atoms with van der Waals surface area (Å²) in [4.78, 5) is 2.83. The fraction of sp³-hybridized carbons (Fsp3) is 1.00. The van der Waals surface area contributed by atoms with Gasteiger partial charge in [0.15, 0.2) is 49.6 Å². The van der Waals surface area contributed by atoms with Crippen LogP contribution in [0.3, 0.4) is 0 Å². The van der Waals surface area contributed by atoms with Crippen molar-refractivity contribution in [3.8, 4) is 0 Å². The van der Waals surface area contributed by atoms with E-state index in [9.17, 15) is 169 Å². The van der Waals surface area contributed by atoms with E-state index in [0.29, 0.717) is 49.5 Å². The normalized spacial score (nSPS) is 36.2. The second-order valence-electron chi connectivity index (χ2n) is 29.9. The molecule has 4 heterocycles. The second-order valence-corrected chi connectivity index (χ2v) is 43.7. The molecule has 4 aliphatic heterocycles. The lowest BCUT2D eigenvalue weighted by Crippen LogP contribution is -2.69. The molecule has 0 spiro atoms. The maximum absolute atomic E-state index is 13.2. The molecular formula is C50H85N3O60S13. The van der Waals surface area contributed by atoms with Crippen molar-refractivity contribution in [3.05, 3.63) is 10.4 Å². The van der Waals surface area contributed by atoms with Crippen molar-refractivity contribution in [1.29, 1.82) is 0 Å². The van der Waals surface area contributed by atoms with E-state index in [1.807, 2.05) is 6.92 Å². The Hall–Kier alpha value is -2.70. The number of fused-ring (bicyclic) bond motifs is 5. The fourth-order valence-electron chi connectivity index (χ4n) is 17.5. The van der Waals surface area contributed by atoms with Gasteiger partial charge in [-0.15, -0.1) is 0 Å². The summed E-state index contributed by atoms with van der Waals surface area (Å²) in [6.07, 6.45) is -64.0. The predicted molar refractivity (Wildman–Crippen MR) is 389 cm³/mol. The third-order valence-corrected chi connectivity index (χ3v) is 27.6. The van der Waals surface area contributed by atoms with Crippen LogP contribution >= 0.6 is 0 Å². The van der Waals surface area contributed by atoms with Gasteiger partial charge in [-0.2, -0.15) is 109 Å². The summed E-state index contributed by atoms with van der Waals surface area (Å²) in [6, 6.07) is 0. The van der Waals surface area contributed by atoms with Gasteiger partial charge in [0.1, 0.15) is 73.2 Å². The van der Waals surface area contributed by atoms with E-state index in [1.54, 1.807) is 0 Å². The van der Waals surface area contributed by atoms with Crippen LogP contribution in [0.1, 0.15) is 97.8 Å². The molecule has 8 aliphatic rings. The third kappa shape index (κ3) is 33.4. The van der Waals surface area contributed by atoms with Crippen LogP contribution in [0, 0.1) is 52.8 Å². The highest BCUT2D eigenvalue weighted by molar-refractivity contribution is 7.83. The molecular weight excluding hydrogens is 2020 g/mol. The topological polar surface area (TPSA) is 949 Å². The molecule has 63 nitrogen and oxygen atoms in total. The largest absolute Gasteiger partial charge is 0.397 e. The van der Waals surface area contributed by atoms with Crippen molar-refractivity contribution in [2.75, 3.05) is 33.0 Å². The number of rotatable bonds is 45. The SMILES string of the molecule is C[C@H](CCC[C@@H](C)[C@H]1CC[C@@H]2C1CC[C@H]1[C@H]2CC[C@H]2C[C@@H](O[C@@H]3O[C@H](COS(=O)(=O)O)[C@@H](O[C@H]4O[C@H](COS(=O)(=O)O)[C@@H](O[C@H]5O[C@H](COS(=O)(=O)O)[C@@H](O[C@H]6O[C@H](COS(=O)(=O)O)[C@@H](OS(=O)(=O)O)[C@H](OS(=O)(=O)O)[C@H]6OS(=O)(=O)O)[C@H](OS(=O)(=O)O)[C@H]5OS(=O)(=O)O)[C@H](OS(=O)(=O)O)[C@H]4OS(=O)(=O)O)[C@H](OS(=O)(=O)O)[C@H]3OS(=O)(=O)O)CC[C@@]21C)CN=[N+]=[N-]. The Bertz CT molecular complexity index is 5440. The average Bonchev–Trinajstić information content (AvgIpc) is 1.34. The van der Waals surface area contributed by atoms with Gasteiger partial charge in [-0.1, -0.05) is 45.1 Å². The summed E-state index contributed by atoms with van der Waals surface area (Å²) in [7, 11) is -83.7. The lowest BCUT2D eigenvalue weighted by Gasteiger charge is -2.59. The molecule has 30 atom stereocenters. The molecule has 0 aromatic rings. The van der Waals surface area contributed by atoms with E-state index in [0.717, 1.165) is 44.9 Å². The summed E-state index contributed by atoms with van der Waals surface area (Å²) in [5.41, 5.74) is 8.30. The molecule has 4 aliphatic carbocycles. The summed E-state index contributed by atoms with van der Waals surface area (Å²) in [5.74, 6) is 1.82. The molecule has 4 saturated carbocycles. The molecule has 0 amide bonds. The standard InChI is InChI=1S/C50H85N3O60S13/c1-21(16-52-53-51)5-4-6-22(2)25-9-10-27-26(25)11-12-29-28(27)8-7-23-15-24(13-14-50(23,29)3)97-46-42(110-123(81,82)83)38(106-119(69,70)71)34(30(98-46)17-93-114(54,55)56)102-47-43(111-124(84,85)86)39(107-120(72,73)74)35(31(99-47)18-94-115(57,58)59)103-48-44(112-125(87,88)89)40(108-121(75,76)77)36(32(100-48)19-95-116(60,61)62)104-49-45(113-126(90,91)92)41(109-122(78,79)80)37(105-118(66,67)68)33(101-49)20-96-117(63,64)65/h21-49H,4-20H2,1-3H3,(H,54,55,56)(H,57,58,59)(H,60,61,62)(H,63,64,65)(H,66,67,68)(H,69,70,71)(H,72,73,74)(H,75,76,77)(H,78,79,80)(H,81,82,83)(H,84,85,86)(H,87,88,89)(H,90,91,92)/t21-,22-,23+,24+,25-,26?,27-,28+,29+,30-,31-,32-,33-,34-,35-,36-,37-,38+,39+,40+,41+,42-,43-,44-,45-,46-,47-,48-,49-,50+/m1/s1. The molecule has 0 radical (unpaired) electrons. The molecule has 8 fully saturated rings. The molecule has 0 aromatic carbocycles. The van der Waals surface area contributed by atoms with Gasteiger partial charge in [0.2, 0.25) is 0 Å². The van der Waals surface area contributed by atoms with E-state index < -0.39 is 296 Å². The van der Waals surface area contributed by atoms with Crippen LogP contribution in [0.25, 0.3) is 10.4 Å². The summed E-state index contributed by atoms with van der Waals surface area (Å²) < 4.78 is 562. The van der Waals surface area contributed by atoms with E-state index in [2.05, 4.69) is 69.9 Å². The fourth-order valence-corrected chi connectivity index (χ4v) is 23.2. The summed E-state index contributed by atoms with van der Waals surface area (Å²) >= 11 is 0. The number of ether oxygens (including phenoxy) is 8. The van der Waals surface area contributed by atoms with Crippen molar-refractivity contribution in [2.24, 2.45) is 57.9 Å². The van der Waals surface area contributed by atoms with E-state index in [-0.39, 0.29) is 36.5 Å². The van der Waals surface area contributed by atoms with E-state index in [1.165, 1.54) is 0 Å².